The van der Waals surface area contributed by atoms with Gasteiger partial charge in [0.15, 0.2) is 4.45 Å². The van der Waals surface area contributed by atoms with Gasteiger partial charge in [-0.05, 0) is 19.1 Å². The van der Waals surface area contributed by atoms with Crippen LogP contribution in [0.25, 0.3) is 0 Å². The van der Waals surface area contributed by atoms with E-state index in [1.165, 1.54) is 0 Å². The molecule has 0 aromatic rings. The Bertz CT molecular complexity index is 229. The van der Waals surface area contributed by atoms with Crippen LogP contribution in [0, 0.1) is 0 Å². The van der Waals surface area contributed by atoms with Crippen molar-refractivity contribution in [2.24, 2.45) is 0 Å². The van der Waals surface area contributed by atoms with Gasteiger partial charge in [0.05, 0.1) is 6.61 Å². The molecule has 1 amide bonds. The van der Waals surface area contributed by atoms with Crippen molar-refractivity contribution < 1.29 is 9.53 Å². The van der Waals surface area contributed by atoms with E-state index in [1.54, 1.807) is 11.8 Å². The number of nitrogens with zero attached hydrogens (tertiary/aromatic N) is 2. The second-order valence-corrected chi connectivity index (χ2v) is 3.89. The second-order valence-electron chi connectivity index (χ2n) is 2.93. The first-order chi connectivity index (χ1) is 6.65. The molecule has 1 fully saturated rings. The molecule has 14 heavy (non-hydrogen) atoms. The third kappa shape index (κ3) is 2.99. The maximum atomic E-state index is 11.3. The van der Waals surface area contributed by atoms with E-state index < -0.39 is 0 Å². The second kappa shape index (κ2) is 5.36. The fraction of sp³-hybridized carbons (Fsp3) is 0.750. The third-order valence-corrected chi connectivity index (χ3v) is 2.55. The number of piperazine rings is 1. The van der Waals surface area contributed by atoms with Crippen LogP contribution in [0.3, 0.4) is 0 Å². The summed E-state index contributed by atoms with van der Waals surface area (Å²) in [4.78, 5) is 14.8. The first-order valence-electron chi connectivity index (χ1n) is 4.51. The molecule has 6 heteroatoms. The number of carbonyl (C=O) groups is 1. The van der Waals surface area contributed by atoms with Crippen LogP contribution in [-0.2, 0) is 4.74 Å². The lowest BCUT2D eigenvalue weighted by molar-refractivity contribution is 0.0926. The topological polar surface area (TPSA) is 32.8 Å². The zero-order valence-electron chi connectivity index (χ0n) is 8.03. The highest BCUT2D eigenvalue weighted by Gasteiger charge is 2.22. The monoisotopic (exact) mass is 236 g/mol. The molecular formula is C8H13ClN2O2S. The van der Waals surface area contributed by atoms with Crippen molar-refractivity contribution in [2.45, 2.75) is 6.92 Å². The highest BCUT2D eigenvalue weighted by Crippen LogP contribution is 2.06. The molecule has 0 aliphatic carbocycles. The van der Waals surface area contributed by atoms with Crippen LogP contribution in [0.5, 0.6) is 0 Å². The summed E-state index contributed by atoms with van der Waals surface area (Å²) in [7, 11) is 0. The zero-order valence-corrected chi connectivity index (χ0v) is 9.61. The predicted octanol–water partition coefficient (Wildman–Crippen LogP) is 1.28. The van der Waals surface area contributed by atoms with Crippen LogP contribution in [-0.4, -0.2) is 53.1 Å². The van der Waals surface area contributed by atoms with Gasteiger partial charge in [0.2, 0.25) is 0 Å². The minimum absolute atomic E-state index is 0.257. The molecule has 0 bridgehead atoms. The van der Waals surface area contributed by atoms with E-state index in [0.717, 1.165) is 0 Å². The number of hydrogen-bond donors (Lipinski definition) is 0. The number of ether oxygens (including phenoxy) is 1. The summed E-state index contributed by atoms with van der Waals surface area (Å²) < 4.78 is 5.25. The number of rotatable bonds is 1. The highest BCUT2D eigenvalue weighted by atomic mass is 35.5. The van der Waals surface area contributed by atoms with Crippen molar-refractivity contribution in [3.05, 3.63) is 0 Å². The Morgan fingerprint density at radius 1 is 1.36 bits per heavy atom. The number of carbonyl (C=O) groups excluding carboxylic acids is 1. The molecule has 1 aliphatic heterocycles. The van der Waals surface area contributed by atoms with Crippen LogP contribution in [0.4, 0.5) is 4.79 Å². The van der Waals surface area contributed by atoms with Gasteiger partial charge in [-0.25, -0.2) is 4.79 Å². The Morgan fingerprint density at radius 3 is 2.29 bits per heavy atom. The number of thiocarbonyl (C=S) groups is 1. The average Bonchev–Trinajstić information content (AvgIpc) is 2.18. The number of amides is 1. The minimum Gasteiger partial charge on any atom is -0.450 e. The Labute approximate surface area is 93.7 Å². The molecule has 80 valence electrons. The summed E-state index contributed by atoms with van der Waals surface area (Å²) in [6.07, 6.45) is -0.257. The van der Waals surface area contributed by atoms with Crippen LogP contribution >= 0.6 is 23.8 Å². The van der Waals surface area contributed by atoms with E-state index in [9.17, 15) is 4.79 Å². The molecule has 1 heterocycles. The minimum atomic E-state index is -0.257. The summed E-state index contributed by atoms with van der Waals surface area (Å²) in [5.41, 5.74) is 0. The number of halogens is 1. The normalized spacial score (nSPS) is 16.7. The zero-order chi connectivity index (χ0) is 10.6. The maximum absolute atomic E-state index is 11.3. The molecule has 1 saturated heterocycles. The Morgan fingerprint density at radius 2 is 1.86 bits per heavy atom. The van der Waals surface area contributed by atoms with Crippen molar-refractivity contribution in [1.82, 2.24) is 9.80 Å². The molecule has 0 aromatic heterocycles. The van der Waals surface area contributed by atoms with Crippen molar-refractivity contribution in [1.29, 1.82) is 0 Å². The largest absolute Gasteiger partial charge is 0.450 e. The van der Waals surface area contributed by atoms with E-state index >= 15 is 0 Å². The maximum Gasteiger partial charge on any atom is 0.409 e. The molecule has 0 saturated carbocycles. The molecule has 4 nitrogen and oxygen atoms in total. The molecule has 0 spiro atoms. The summed E-state index contributed by atoms with van der Waals surface area (Å²) in [6.45, 7) is 4.80. The van der Waals surface area contributed by atoms with E-state index in [-0.39, 0.29) is 6.09 Å². The smallest absolute Gasteiger partial charge is 0.409 e. The quantitative estimate of drug-likeness (QED) is 0.390. The van der Waals surface area contributed by atoms with E-state index in [0.29, 0.717) is 37.2 Å². The van der Waals surface area contributed by atoms with Gasteiger partial charge in [-0.15, -0.1) is 0 Å². The van der Waals surface area contributed by atoms with E-state index in [4.69, 9.17) is 28.6 Å². The molecule has 0 N–H and O–H groups in total. The van der Waals surface area contributed by atoms with Gasteiger partial charge in [0.25, 0.3) is 0 Å². The van der Waals surface area contributed by atoms with Gasteiger partial charge in [-0.1, -0.05) is 11.6 Å². The summed E-state index contributed by atoms with van der Waals surface area (Å²) in [6, 6.07) is 0. The lowest BCUT2D eigenvalue weighted by Crippen LogP contribution is -2.49. The molecular weight excluding hydrogens is 224 g/mol. The molecule has 0 atom stereocenters. The van der Waals surface area contributed by atoms with Gasteiger partial charge in [0, 0.05) is 26.2 Å². The molecule has 0 unspecified atom stereocenters. The van der Waals surface area contributed by atoms with Crippen molar-refractivity contribution in [2.75, 3.05) is 32.8 Å². The highest BCUT2D eigenvalue weighted by molar-refractivity contribution is 7.83. The molecule has 1 aliphatic rings. The van der Waals surface area contributed by atoms with E-state index in [2.05, 4.69) is 0 Å². The first-order valence-corrected chi connectivity index (χ1v) is 5.30. The third-order valence-electron chi connectivity index (χ3n) is 2.05. The van der Waals surface area contributed by atoms with Crippen molar-refractivity contribution >= 4 is 34.4 Å². The fourth-order valence-corrected chi connectivity index (χ4v) is 1.63. The summed E-state index contributed by atoms with van der Waals surface area (Å²) in [5.74, 6) is 0. The van der Waals surface area contributed by atoms with Gasteiger partial charge in [-0.3, -0.25) is 0 Å². The molecule has 0 radical (unpaired) electrons. The lowest BCUT2D eigenvalue weighted by Gasteiger charge is -2.33. The Hall–Kier alpha value is -0.550. The van der Waals surface area contributed by atoms with Gasteiger partial charge in [-0.2, -0.15) is 0 Å². The van der Waals surface area contributed by atoms with Crippen molar-refractivity contribution in [3.8, 4) is 0 Å². The van der Waals surface area contributed by atoms with Crippen LogP contribution in [0.1, 0.15) is 6.92 Å². The lowest BCUT2D eigenvalue weighted by atomic mass is 10.3. The van der Waals surface area contributed by atoms with Crippen molar-refractivity contribution in [3.63, 3.8) is 0 Å². The van der Waals surface area contributed by atoms with Crippen LogP contribution in [0.2, 0.25) is 0 Å². The first kappa shape index (κ1) is 11.5. The standard InChI is InChI=1S/C8H13ClN2O2S/c1-2-13-8(12)11-5-3-10(4-6-11)7(9)14/h2-6H2,1H3. The van der Waals surface area contributed by atoms with Gasteiger partial charge in [0.1, 0.15) is 0 Å². The molecule has 1 rings (SSSR count). The Balaban J connectivity index is 2.35. The summed E-state index contributed by atoms with van der Waals surface area (Å²) >= 11 is 10.5. The van der Waals surface area contributed by atoms with E-state index in [1.807, 2.05) is 4.90 Å². The van der Waals surface area contributed by atoms with Gasteiger partial charge >= 0.3 is 6.09 Å². The molecule has 0 aromatic carbocycles. The van der Waals surface area contributed by atoms with Crippen LogP contribution < -0.4 is 0 Å². The SMILES string of the molecule is CCOC(=O)N1CCN(C(=S)Cl)CC1. The Kier molecular flexibility index (Phi) is 4.41. The van der Waals surface area contributed by atoms with Crippen LogP contribution in [0.15, 0.2) is 0 Å². The average molecular weight is 237 g/mol. The number of hydrogen-bond acceptors (Lipinski definition) is 3. The fourth-order valence-electron chi connectivity index (χ4n) is 1.28. The predicted molar refractivity (Wildman–Crippen MR) is 58.6 cm³/mol. The van der Waals surface area contributed by atoms with Gasteiger partial charge < -0.3 is 14.5 Å². The summed E-state index contributed by atoms with van der Waals surface area (Å²) in [5, 5.41) is 0.